The van der Waals surface area contributed by atoms with E-state index in [1.807, 2.05) is 18.2 Å². The molecule has 194 valence electrons. The van der Waals surface area contributed by atoms with Crippen molar-refractivity contribution >= 4 is 21.2 Å². The Labute approximate surface area is 216 Å². The number of sulfone groups is 1. The number of thiazole rings is 1. The zero-order valence-electron chi connectivity index (χ0n) is 20.7. The summed E-state index contributed by atoms with van der Waals surface area (Å²) in [5, 5.41) is 21.1. The lowest BCUT2D eigenvalue weighted by Crippen LogP contribution is -2.27. The number of aliphatic hydroxyl groups excluding tert-OH is 1. The van der Waals surface area contributed by atoms with Crippen LogP contribution in [0.2, 0.25) is 0 Å². The fourth-order valence-corrected chi connectivity index (χ4v) is 7.56. The van der Waals surface area contributed by atoms with Gasteiger partial charge < -0.3 is 19.9 Å². The van der Waals surface area contributed by atoms with E-state index in [0.717, 1.165) is 67.3 Å². The van der Waals surface area contributed by atoms with Gasteiger partial charge in [-0.15, -0.1) is 11.3 Å². The van der Waals surface area contributed by atoms with Crippen LogP contribution in [-0.2, 0) is 14.6 Å². The van der Waals surface area contributed by atoms with E-state index >= 15 is 0 Å². The normalized spacial score (nSPS) is 19.3. The zero-order chi connectivity index (χ0) is 25.5. The van der Waals surface area contributed by atoms with E-state index < -0.39 is 21.5 Å². The highest BCUT2D eigenvalue weighted by atomic mass is 32.2. The number of hydrogen-bond acceptors (Lipinski definition) is 7. The molecule has 1 aromatic carbocycles. The first-order valence-corrected chi connectivity index (χ1v) is 15.0. The number of aromatic nitrogens is 2. The lowest BCUT2D eigenvalue weighted by Gasteiger charge is -2.27. The number of aromatic amines is 1. The highest BCUT2D eigenvalue weighted by Gasteiger charge is 2.37. The van der Waals surface area contributed by atoms with Crippen LogP contribution >= 0.6 is 11.3 Å². The minimum Gasteiger partial charge on any atom is -0.387 e. The molecule has 7 nitrogen and oxygen atoms in total. The summed E-state index contributed by atoms with van der Waals surface area (Å²) in [7, 11) is -3.22. The zero-order valence-corrected chi connectivity index (χ0v) is 22.3. The molecular formula is C27H34N2O5S2. The molecule has 1 aliphatic carbocycles. The Kier molecular flexibility index (Phi) is 7.13. The van der Waals surface area contributed by atoms with Crippen molar-refractivity contribution in [2.24, 2.45) is 5.92 Å². The number of nitrogens with one attached hydrogen (secondary N) is 1. The van der Waals surface area contributed by atoms with E-state index in [1.54, 1.807) is 32.2 Å². The third-order valence-electron chi connectivity index (χ3n) is 7.26. The molecule has 3 N–H and O–H groups in total. The van der Waals surface area contributed by atoms with Crippen molar-refractivity contribution in [3.63, 3.8) is 0 Å². The van der Waals surface area contributed by atoms with Crippen molar-refractivity contribution < 1.29 is 23.4 Å². The Balaban J connectivity index is 1.42. The van der Waals surface area contributed by atoms with E-state index in [-0.39, 0.29) is 11.2 Å². The number of nitrogens with zero attached hydrogens (tertiary/aromatic N) is 1. The van der Waals surface area contributed by atoms with Gasteiger partial charge in [0.15, 0.2) is 9.84 Å². The van der Waals surface area contributed by atoms with Crippen LogP contribution in [-0.4, -0.2) is 52.7 Å². The summed E-state index contributed by atoms with van der Waals surface area (Å²) in [5.74, 6) is 0.611. The Hall–Kier alpha value is -2.04. The molecular weight excluding hydrogens is 496 g/mol. The molecule has 2 aromatic heterocycles. The quantitative estimate of drug-likeness (QED) is 0.365. The number of rotatable bonds is 9. The third-order valence-corrected chi connectivity index (χ3v) is 10.6. The van der Waals surface area contributed by atoms with Crippen LogP contribution in [0.15, 0.2) is 47.5 Å². The number of H-pyrrole nitrogens is 1. The Morgan fingerprint density at radius 1 is 1.11 bits per heavy atom. The van der Waals surface area contributed by atoms with Crippen LogP contribution in [0.1, 0.15) is 74.1 Å². The van der Waals surface area contributed by atoms with E-state index in [0.29, 0.717) is 15.7 Å². The highest BCUT2D eigenvalue weighted by Crippen LogP contribution is 2.39. The van der Waals surface area contributed by atoms with Crippen molar-refractivity contribution in [2.75, 3.05) is 13.2 Å². The first-order chi connectivity index (χ1) is 17.1. The molecule has 1 aliphatic heterocycles. The van der Waals surface area contributed by atoms with Crippen molar-refractivity contribution in [1.82, 2.24) is 9.97 Å². The third kappa shape index (κ3) is 5.45. The molecule has 2 atom stereocenters. The molecule has 3 aromatic rings. The Bertz CT molecular complexity index is 1280. The summed E-state index contributed by atoms with van der Waals surface area (Å²) in [6.07, 6.45) is 5.09. The van der Waals surface area contributed by atoms with Crippen LogP contribution in [0.25, 0.3) is 10.7 Å². The molecule has 9 heteroatoms. The van der Waals surface area contributed by atoms with Gasteiger partial charge in [0.25, 0.3) is 0 Å². The molecule has 36 heavy (non-hydrogen) atoms. The smallest absolute Gasteiger partial charge is 0.181 e. The minimum absolute atomic E-state index is 0.0842. The van der Waals surface area contributed by atoms with Gasteiger partial charge in [-0.25, -0.2) is 13.4 Å². The van der Waals surface area contributed by atoms with Gasteiger partial charge in [-0.3, -0.25) is 0 Å². The average Bonchev–Trinajstić information content (AvgIpc) is 3.43. The van der Waals surface area contributed by atoms with E-state index in [9.17, 15) is 18.6 Å². The maximum absolute atomic E-state index is 12.7. The number of ether oxygens (including phenoxy) is 1. The summed E-state index contributed by atoms with van der Waals surface area (Å²) in [5.41, 5.74) is 1.74. The first-order valence-electron chi connectivity index (χ1n) is 12.6. The number of aliphatic hydroxyl groups is 2. The summed E-state index contributed by atoms with van der Waals surface area (Å²) < 4.78 is 30.9. The minimum atomic E-state index is -3.22. The van der Waals surface area contributed by atoms with Crippen LogP contribution in [0.3, 0.4) is 0 Å². The number of benzene rings is 1. The molecule has 2 aliphatic rings. The molecule has 1 saturated heterocycles. The van der Waals surface area contributed by atoms with Crippen LogP contribution in [0.5, 0.6) is 0 Å². The topological polar surface area (TPSA) is 113 Å². The molecule has 5 rings (SSSR count). The van der Waals surface area contributed by atoms with Gasteiger partial charge in [0, 0.05) is 31.0 Å². The molecule has 0 bridgehead atoms. The summed E-state index contributed by atoms with van der Waals surface area (Å²) in [6.45, 7) is 4.70. The average molecular weight is 531 g/mol. The van der Waals surface area contributed by atoms with Crippen molar-refractivity contribution in [1.29, 1.82) is 0 Å². The highest BCUT2D eigenvalue weighted by molar-refractivity contribution is 7.92. The standard InChI is InChI=1S/C27H34N2O5S2/c1-27(2,31)25(30)24-16-28-26(35-24)23-10-9-22(29-23)21(15-17-11-13-34-14-12-17)18-3-5-19(6-4-18)36(32,33)20-7-8-20/h3-6,9-10,16-17,20-21,25,29-31H,7-8,11-15H2,1-2H3. The number of hydrogen-bond donors (Lipinski definition) is 3. The predicted octanol–water partition coefficient (Wildman–Crippen LogP) is 4.83. The lowest BCUT2D eigenvalue weighted by molar-refractivity contribution is -0.0479. The molecule has 0 radical (unpaired) electrons. The van der Waals surface area contributed by atoms with E-state index in [2.05, 4.69) is 16.0 Å². The van der Waals surface area contributed by atoms with Gasteiger partial charge in [0.05, 0.1) is 26.3 Å². The van der Waals surface area contributed by atoms with Gasteiger partial charge in [-0.2, -0.15) is 0 Å². The SMILES string of the molecule is CC(C)(O)C(O)c1cnc(-c2ccc(C(CC3CCOCC3)c3ccc(S(=O)(=O)C4CC4)cc3)[nH]2)s1. The molecule has 2 unspecified atom stereocenters. The van der Waals surface area contributed by atoms with E-state index in [4.69, 9.17) is 4.74 Å². The van der Waals surface area contributed by atoms with Gasteiger partial charge in [0.2, 0.25) is 0 Å². The summed E-state index contributed by atoms with van der Waals surface area (Å²) in [6, 6.07) is 11.5. The second kappa shape index (κ2) is 10.0. The Morgan fingerprint density at radius 3 is 2.44 bits per heavy atom. The van der Waals surface area contributed by atoms with Crippen LogP contribution in [0.4, 0.5) is 0 Å². The predicted molar refractivity (Wildman–Crippen MR) is 140 cm³/mol. The fraction of sp³-hybridized carbons (Fsp3) is 0.519. The first kappa shape index (κ1) is 25.6. The van der Waals surface area contributed by atoms with Crippen molar-refractivity contribution in [3.05, 3.63) is 58.7 Å². The Morgan fingerprint density at radius 2 is 1.81 bits per heavy atom. The van der Waals surface area contributed by atoms with Gasteiger partial charge >= 0.3 is 0 Å². The monoisotopic (exact) mass is 530 g/mol. The van der Waals surface area contributed by atoms with Gasteiger partial charge in [-0.1, -0.05) is 12.1 Å². The molecule has 2 fully saturated rings. The second-order valence-corrected chi connectivity index (χ2v) is 13.9. The second-order valence-electron chi connectivity index (χ2n) is 10.6. The van der Waals surface area contributed by atoms with Crippen molar-refractivity contribution in [2.45, 2.75) is 73.7 Å². The maximum Gasteiger partial charge on any atom is 0.181 e. The lowest BCUT2D eigenvalue weighted by atomic mass is 9.83. The van der Waals surface area contributed by atoms with E-state index in [1.165, 1.54) is 11.3 Å². The molecule has 1 saturated carbocycles. The maximum atomic E-state index is 12.7. The van der Waals surface area contributed by atoms with Crippen LogP contribution in [0, 0.1) is 5.92 Å². The molecule has 0 spiro atoms. The van der Waals surface area contributed by atoms with Crippen LogP contribution < -0.4 is 0 Å². The van der Waals surface area contributed by atoms with Crippen molar-refractivity contribution in [3.8, 4) is 10.7 Å². The largest absolute Gasteiger partial charge is 0.387 e. The fourth-order valence-electron chi connectivity index (χ4n) is 4.84. The summed E-state index contributed by atoms with van der Waals surface area (Å²) >= 11 is 1.36. The molecule has 3 heterocycles. The summed E-state index contributed by atoms with van der Waals surface area (Å²) in [4.78, 5) is 9.03. The van der Waals surface area contributed by atoms with Gasteiger partial charge in [-0.05, 0) is 81.7 Å². The molecule has 0 amide bonds. The van der Waals surface area contributed by atoms with Gasteiger partial charge in [0.1, 0.15) is 11.1 Å².